The molecule has 0 aliphatic carbocycles. The molecule has 5 nitrogen and oxygen atoms in total. The zero-order valence-electron chi connectivity index (χ0n) is 12.2. The molecule has 1 aromatic rings. The van der Waals surface area contributed by atoms with Crippen LogP contribution in [-0.2, 0) is 6.54 Å². The molecule has 106 valence electrons. The summed E-state index contributed by atoms with van der Waals surface area (Å²) in [6.07, 6.45) is 0.814. The molecule has 0 aliphatic heterocycles. The van der Waals surface area contributed by atoms with E-state index in [-0.39, 0.29) is 11.5 Å². The second-order valence-corrected chi connectivity index (χ2v) is 5.02. The minimum absolute atomic E-state index is 0.110. The van der Waals surface area contributed by atoms with Crippen LogP contribution in [0.5, 0.6) is 0 Å². The van der Waals surface area contributed by atoms with Crippen molar-refractivity contribution in [3.63, 3.8) is 0 Å². The van der Waals surface area contributed by atoms with Crippen molar-refractivity contribution in [2.75, 3.05) is 13.1 Å². The van der Waals surface area contributed by atoms with Gasteiger partial charge in [-0.2, -0.15) is 5.10 Å². The lowest BCUT2D eigenvalue weighted by molar-refractivity contribution is 0.0737. The van der Waals surface area contributed by atoms with Gasteiger partial charge in [-0.15, -0.1) is 0 Å². The van der Waals surface area contributed by atoms with Gasteiger partial charge in [-0.1, -0.05) is 20.8 Å². The van der Waals surface area contributed by atoms with E-state index in [4.69, 9.17) is 0 Å². The monoisotopic (exact) mass is 265 g/mol. The first-order valence-electron chi connectivity index (χ1n) is 6.87. The largest absolute Gasteiger partial charge is 0.337 e. The molecule has 19 heavy (non-hydrogen) atoms. The topological polar surface area (TPSA) is 55.2 Å². The van der Waals surface area contributed by atoms with E-state index in [9.17, 15) is 9.59 Å². The predicted molar refractivity (Wildman–Crippen MR) is 75.2 cm³/mol. The number of rotatable bonds is 6. The lowest BCUT2D eigenvalue weighted by atomic mass is 10.2. The second-order valence-electron chi connectivity index (χ2n) is 5.02. The Kier molecular flexibility index (Phi) is 5.73. The Balaban J connectivity index is 2.98. The molecule has 0 aromatic carbocycles. The summed E-state index contributed by atoms with van der Waals surface area (Å²) < 4.78 is 1.36. The second kappa shape index (κ2) is 7.07. The van der Waals surface area contributed by atoms with Gasteiger partial charge in [-0.25, -0.2) is 4.68 Å². The van der Waals surface area contributed by atoms with Crippen LogP contribution in [0.2, 0.25) is 0 Å². The summed E-state index contributed by atoms with van der Waals surface area (Å²) in [5.41, 5.74) is 0.181. The summed E-state index contributed by atoms with van der Waals surface area (Å²) in [5, 5.41) is 4.15. The van der Waals surface area contributed by atoms with Crippen LogP contribution in [0.3, 0.4) is 0 Å². The van der Waals surface area contributed by atoms with Crippen molar-refractivity contribution in [2.45, 2.75) is 40.7 Å². The first-order valence-corrected chi connectivity index (χ1v) is 6.87. The van der Waals surface area contributed by atoms with Crippen molar-refractivity contribution < 1.29 is 4.79 Å². The van der Waals surface area contributed by atoms with E-state index in [1.54, 1.807) is 4.90 Å². The predicted octanol–water partition coefficient (Wildman–Crippen LogP) is 1.77. The van der Waals surface area contributed by atoms with Crippen LogP contribution < -0.4 is 5.56 Å². The summed E-state index contributed by atoms with van der Waals surface area (Å²) in [4.78, 5) is 25.7. The van der Waals surface area contributed by atoms with Crippen LogP contribution in [0.1, 0.15) is 44.6 Å². The molecule has 0 spiro atoms. The third-order valence-electron chi connectivity index (χ3n) is 2.78. The van der Waals surface area contributed by atoms with Crippen molar-refractivity contribution in [1.29, 1.82) is 0 Å². The number of carbonyl (C=O) groups excluding carboxylic acids is 1. The van der Waals surface area contributed by atoms with Crippen LogP contribution in [0.4, 0.5) is 0 Å². The Morgan fingerprint density at radius 1 is 1.37 bits per heavy atom. The SMILES string of the molecule is CCCn1nc(C(=O)N(CC)CC(C)C)ccc1=O. The fraction of sp³-hybridized carbons (Fsp3) is 0.643. The molecule has 0 aliphatic rings. The molecule has 0 saturated carbocycles. The highest BCUT2D eigenvalue weighted by Crippen LogP contribution is 2.04. The van der Waals surface area contributed by atoms with Crippen molar-refractivity contribution in [1.82, 2.24) is 14.7 Å². The summed E-state index contributed by atoms with van der Waals surface area (Å²) in [7, 11) is 0. The molecule has 0 atom stereocenters. The molecule has 1 rings (SSSR count). The fourth-order valence-electron chi connectivity index (χ4n) is 1.89. The third-order valence-corrected chi connectivity index (χ3v) is 2.78. The van der Waals surface area contributed by atoms with Crippen molar-refractivity contribution >= 4 is 5.91 Å². The van der Waals surface area contributed by atoms with Crippen LogP contribution in [0, 0.1) is 5.92 Å². The number of aromatic nitrogens is 2. The Labute approximate surface area is 114 Å². The molecular weight excluding hydrogens is 242 g/mol. The van der Waals surface area contributed by atoms with Gasteiger partial charge in [0.05, 0.1) is 0 Å². The van der Waals surface area contributed by atoms with Crippen LogP contribution >= 0.6 is 0 Å². The minimum Gasteiger partial charge on any atom is -0.337 e. The van der Waals surface area contributed by atoms with E-state index in [0.29, 0.717) is 31.2 Å². The number of nitrogens with zero attached hydrogens (tertiary/aromatic N) is 3. The summed E-state index contributed by atoms with van der Waals surface area (Å²) in [5.74, 6) is 0.298. The fourth-order valence-corrected chi connectivity index (χ4v) is 1.89. The zero-order valence-corrected chi connectivity index (χ0v) is 12.2. The van der Waals surface area contributed by atoms with E-state index in [1.807, 2.05) is 13.8 Å². The molecule has 0 bridgehead atoms. The summed E-state index contributed by atoms with van der Waals surface area (Å²) in [6, 6.07) is 2.93. The Morgan fingerprint density at radius 2 is 2.05 bits per heavy atom. The molecule has 0 fully saturated rings. The number of hydrogen-bond acceptors (Lipinski definition) is 3. The maximum absolute atomic E-state index is 12.3. The molecule has 1 heterocycles. The van der Waals surface area contributed by atoms with Gasteiger partial charge in [-0.05, 0) is 25.3 Å². The third kappa shape index (κ3) is 4.19. The van der Waals surface area contributed by atoms with Crippen LogP contribution in [-0.4, -0.2) is 33.7 Å². The molecule has 0 N–H and O–H groups in total. The molecule has 5 heteroatoms. The highest BCUT2D eigenvalue weighted by Gasteiger charge is 2.17. The van der Waals surface area contributed by atoms with E-state index >= 15 is 0 Å². The lowest BCUT2D eigenvalue weighted by Gasteiger charge is -2.22. The van der Waals surface area contributed by atoms with Gasteiger partial charge in [-0.3, -0.25) is 9.59 Å². The molecule has 1 amide bonds. The molecule has 1 aromatic heterocycles. The minimum atomic E-state index is -0.162. The normalized spacial score (nSPS) is 10.8. The highest BCUT2D eigenvalue weighted by atomic mass is 16.2. The Morgan fingerprint density at radius 3 is 2.58 bits per heavy atom. The molecule has 0 unspecified atom stereocenters. The van der Waals surface area contributed by atoms with Gasteiger partial charge in [0.1, 0.15) is 5.69 Å². The van der Waals surface area contributed by atoms with Gasteiger partial charge >= 0.3 is 0 Å². The van der Waals surface area contributed by atoms with E-state index in [1.165, 1.54) is 16.8 Å². The van der Waals surface area contributed by atoms with Gasteiger partial charge in [0.2, 0.25) is 0 Å². The highest BCUT2D eigenvalue weighted by molar-refractivity contribution is 5.92. The Bertz CT molecular complexity index is 480. The quantitative estimate of drug-likeness (QED) is 0.787. The van der Waals surface area contributed by atoms with Crippen molar-refractivity contribution in [2.24, 2.45) is 5.92 Å². The molecule has 0 radical (unpaired) electrons. The molecular formula is C14H23N3O2. The maximum atomic E-state index is 12.3. The standard InChI is InChI=1S/C14H23N3O2/c1-5-9-17-13(18)8-7-12(15-17)14(19)16(6-2)10-11(3)4/h7-8,11H,5-6,9-10H2,1-4H3. The van der Waals surface area contributed by atoms with E-state index in [2.05, 4.69) is 18.9 Å². The molecule has 0 saturated heterocycles. The van der Waals surface area contributed by atoms with Crippen LogP contribution in [0.25, 0.3) is 0 Å². The zero-order chi connectivity index (χ0) is 14.4. The first kappa shape index (κ1) is 15.4. The van der Waals surface area contributed by atoms with Crippen molar-refractivity contribution in [3.8, 4) is 0 Å². The van der Waals surface area contributed by atoms with E-state index < -0.39 is 0 Å². The number of amides is 1. The van der Waals surface area contributed by atoms with Crippen LogP contribution in [0.15, 0.2) is 16.9 Å². The maximum Gasteiger partial charge on any atom is 0.274 e. The van der Waals surface area contributed by atoms with Gasteiger partial charge < -0.3 is 4.90 Å². The number of carbonyl (C=O) groups is 1. The van der Waals surface area contributed by atoms with Crippen molar-refractivity contribution in [3.05, 3.63) is 28.2 Å². The summed E-state index contributed by atoms with van der Waals surface area (Å²) in [6.45, 7) is 9.94. The Hall–Kier alpha value is -1.65. The first-order chi connectivity index (χ1) is 8.99. The number of aryl methyl sites for hydroxylation is 1. The van der Waals surface area contributed by atoms with E-state index in [0.717, 1.165) is 6.42 Å². The van der Waals surface area contributed by atoms with Gasteiger partial charge in [0.25, 0.3) is 11.5 Å². The number of hydrogen-bond donors (Lipinski definition) is 0. The average molecular weight is 265 g/mol. The smallest absolute Gasteiger partial charge is 0.274 e. The van der Waals surface area contributed by atoms with Gasteiger partial charge in [0, 0.05) is 25.7 Å². The van der Waals surface area contributed by atoms with Gasteiger partial charge in [0.15, 0.2) is 0 Å². The summed E-state index contributed by atoms with van der Waals surface area (Å²) >= 11 is 0. The lowest BCUT2D eigenvalue weighted by Crippen LogP contribution is -2.36. The average Bonchev–Trinajstić information content (AvgIpc) is 2.37.